The van der Waals surface area contributed by atoms with E-state index >= 15 is 0 Å². The van der Waals surface area contributed by atoms with E-state index in [-0.39, 0.29) is 5.78 Å². The molecule has 0 aliphatic carbocycles. The van der Waals surface area contributed by atoms with Crippen LogP contribution in [0.2, 0.25) is 0 Å². The van der Waals surface area contributed by atoms with Gasteiger partial charge in [-0.3, -0.25) is 4.79 Å². The highest BCUT2D eigenvalue weighted by molar-refractivity contribution is 8.03. The number of unbranched alkanes of at least 4 members (excludes halogenated alkanes) is 1. The van der Waals surface area contributed by atoms with Gasteiger partial charge >= 0.3 is 0 Å². The van der Waals surface area contributed by atoms with Crippen LogP contribution in [0.5, 0.6) is 0 Å². The van der Waals surface area contributed by atoms with Gasteiger partial charge in [0.05, 0.1) is 28.9 Å². The Morgan fingerprint density at radius 3 is 2.86 bits per heavy atom. The second-order valence-corrected chi connectivity index (χ2v) is 6.33. The van der Waals surface area contributed by atoms with E-state index in [1.807, 2.05) is 13.0 Å². The van der Waals surface area contributed by atoms with Gasteiger partial charge in [0, 0.05) is 11.3 Å². The van der Waals surface area contributed by atoms with E-state index in [9.17, 15) is 10.1 Å². The van der Waals surface area contributed by atoms with Crippen molar-refractivity contribution in [2.24, 2.45) is 0 Å². The van der Waals surface area contributed by atoms with E-state index in [2.05, 4.69) is 18.3 Å². The van der Waals surface area contributed by atoms with Gasteiger partial charge in [-0.2, -0.15) is 5.26 Å². The van der Waals surface area contributed by atoms with Gasteiger partial charge in [-0.15, -0.1) is 11.8 Å². The highest BCUT2D eigenvalue weighted by Gasteiger charge is 2.34. The van der Waals surface area contributed by atoms with Crippen molar-refractivity contribution in [1.82, 2.24) is 5.32 Å². The van der Waals surface area contributed by atoms with Gasteiger partial charge < -0.3 is 9.73 Å². The lowest BCUT2D eigenvalue weighted by molar-refractivity contribution is -0.113. The van der Waals surface area contributed by atoms with Crippen LogP contribution < -0.4 is 5.32 Å². The number of carbonyl (C=O) groups is 1. The number of nitrogens with one attached hydrogen (secondary N) is 1. The first-order chi connectivity index (χ1) is 10.6. The van der Waals surface area contributed by atoms with Gasteiger partial charge in [0.25, 0.3) is 0 Å². The number of carbonyl (C=O) groups excluding carboxylic acids is 1. The molecule has 0 bridgehead atoms. The van der Waals surface area contributed by atoms with Crippen molar-refractivity contribution in [3.63, 3.8) is 0 Å². The summed E-state index contributed by atoms with van der Waals surface area (Å²) < 4.78 is 5.50. The standard InChI is InChI=1S/C17H20N2O2S/c1-4-5-9-22-17-13(10-18)16(14-7-6-8-21-14)15(12(3)20)11(2)19-17/h6-8,16,19H,4-5,9H2,1-3H3/t16-/m1/s1. The number of Topliss-reactive ketones (excluding diaryl/α,β-unsaturated/α-hetero) is 1. The van der Waals surface area contributed by atoms with Crippen molar-refractivity contribution >= 4 is 17.5 Å². The van der Waals surface area contributed by atoms with Crippen LogP contribution in [-0.2, 0) is 4.79 Å². The molecule has 1 N–H and O–H groups in total. The van der Waals surface area contributed by atoms with E-state index < -0.39 is 5.92 Å². The van der Waals surface area contributed by atoms with Gasteiger partial charge in [-0.25, -0.2) is 0 Å². The number of allylic oxidation sites excluding steroid dienone is 3. The number of hydrogen-bond donors (Lipinski definition) is 1. The van der Waals surface area contributed by atoms with Crippen molar-refractivity contribution < 1.29 is 9.21 Å². The molecule has 0 amide bonds. The van der Waals surface area contributed by atoms with Crippen molar-refractivity contribution in [1.29, 1.82) is 5.26 Å². The van der Waals surface area contributed by atoms with E-state index in [1.165, 1.54) is 6.92 Å². The molecular weight excluding hydrogens is 296 g/mol. The highest BCUT2D eigenvalue weighted by atomic mass is 32.2. The first-order valence-electron chi connectivity index (χ1n) is 7.39. The van der Waals surface area contributed by atoms with Crippen molar-refractivity contribution in [2.45, 2.75) is 39.5 Å². The first kappa shape index (κ1) is 16.4. The predicted octanol–water partition coefficient (Wildman–Crippen LogP) is 4.10. The number of nitrogens with zero attached hydrogens (tertiary/aromatic N) is 1. The van der Waals surface area contributed by atoms with Crippen molar-refractivity contribution in [3.05, 3.63) is 46.0 Å². The second kappa shape index (κ2) is 7.37. The summed E-state index contributed by atoms with van der Waals surface area (Å²) in [4.78, 5) is 12.1. The minimum absolute atomic E-state index is 0.0447. The minimum Gasteiger partial charge on any atom is -0.468 e. The van der Waals surface area contributed by atoms with Crippen LogP contribution in [0.1, 0.15) is 45.3 Å². The lowest BCUT2D eigenvalue weighted by Gasteiger charge is -2.27. The normalized spacial score (nSPS) is 18.2. The average molecular weight is 316 g/mol. The van der Waals surface area contributed by atoms with Crippen LogP contribution in [0.15, 0.2) is 44.7 Å². The molecule has 22 heavy (non-hydrogen) atoms. The predicted molar refractivity (Wildman–Crippen MR) is 88.0 cm³/mol. The van der Waals surface area contributed by atoms with E-state index in [0.717, 1.165) is 29.3 Å². The highest BCUT2D eigenvalue weighted by Crippen LogP contribution is 2.40. The number of thioether (sulfide) groups is 1. The number of furan rings is 1. The Labute approximate surface area is 135 Å². The average Bonchev–Trinajstić information content (AvgIpc) is 3.00. The van der Waals surface area contributed by atoms with Crippen molar-refractivity contribution in [2.75, 3.05) is 5.75 Å². The molecule has 2 rings (SSSR count). The van der Waals surface area contributed by atoms with E-state index in [1.54, 1.807) is 24.1 Å². The second-order valence-electron chi connectivity index (χ2n) is 5.22. The minimum atomic E-state index is -0.414. The summed E-state index contributed by atoms with van der Waals surface area (Å²) in [5.74, 6) is 1.12. The van der Waals surface area contributed by atoms with Crippen LogP contribution in [0.3, 0.4) is 0 Å². The summed E-state index contributed by atoms with van der Waals surface area (Å²) >= 11 is 1.63. The van der Waals surface area contributed by atoms with Gasteiger partial charge in [-0.1, -0.05) is 13.3 Å². The number of hydrogen-bond acceptors (Lipinski definition) is 5. The van der Waals surface area contributed by atoms with Crippen LogP contribution in [0, 0.1) is 11.3 Å². The third-order valence-corrected chi connectivity index (χ3v) is 4.70. The number of rotatable bonds is 6. The molecule has 1 atom stereocenters. The number of dihydropyridines is 1. The topological polar surface area (TPSA) is 66.0 Å². The Hall–Kier alpha value is -1.93. The molecule has 1 aliphatic rings. The van der Waals surface area contributed by atoms with Gasteiger partial charge in [0.1, 0.15) is 5.76 Å². The molecule has 0 saturated heterocycles. The Balaban J connectivity index is 2.46. The van der Waals surface area contributed by atoms with Crippen LogP contribution in [-0.4, -0.2) is 11.5 Å². The van der Waals surface area contributed by atoms with Gasteiger partial charge in [0.2, 0.25) is 0 Å². The molecule has 2 heterocycles. The Kier molecular flexibility index (Phi) is 5.51. The van der Waals surface area contributed by atoms with Crippen molar-refractivity contribution in [3.8, 4) is 6.07 Å². The number of ketones is 1. The lowest BCUT2D eigenvalue weighted by Crippen LogP contribution is -2.26. The zero-order chi connectivity index (χ0) is 16.1. The summed E-state index contributed by atoms with van der Waals surface area (Å²) in [5, 5.41) is 13.7. The van der Waals surface area contributed by atoms with Crippen LogP contribution in [0.4, 0.5) is 0 Å². The fraction of sp³-hybridized carbons (Fsp3) is 0.412. The molecule has 1 aliphatic heterocycles. The quantitative estimate of drug-likeness (QED) is 0.800. The zero-order valence-electron chi connectivity index (χ0n) is 13.1. The number of nitriles is 1. The summed E-state index contributed by atoms with van der Waals surface area (Å²) in [6.07, 6.45) is 3.77. The molecule has 4 nitrogen and oxygen atoms in total. The Bertz CT molecular complexity index is 651. The maximum atomic E-state index is 12.1. The van der Waals surface area contributed by atoms with Crippen LogP contribution in [0.25, 0.3) is 0 Å². The van der Waals surface area contributed by atoms with Crippen LogP contribution >= 0.6 is 11.8 Å². The molecule has 116 valence electrons. The summed E-state index contributed by atoms with van der Waals surface area (Å²) in [7, 11) is 0. The molecule has 5 heteroatoms. The SMILES string of the molecule is CCCCSC1=C(C#N)[C@H](c2ccco2)C(C(C)=O)=C(C)N1. The molecule has 0 spiro atoms. The third-order valence-electron chi connectivity index (χ3n) is 3.60. The molecule has 0 radical (unpaired) electrons. The molecule has 0 saturated carbocycles. The summed E-state index contributed by atoms with van der Waals surface area (Å²) in [6, 6.07) is 5.87. The zero-order valence-corrected chi connectivity index (χ0v) is 13.9. The van der Waals surface area contributed by atoms with E-state index in [4.69, 9.17) is 4.42 Å². The summed E-state index contributed by atoms with van der Waals surface area (Å²) in [5.41, 5.74) is 1.96. The first-order valence-corrected chi connectivity index (χ1v) is 8.37. The molecule has 1 aromatic rings. The molecule has 0 fully saturated rings. The largest absolute Gasteiger partial charge is 0.468 e. The lowest BCUT2D eigenvalue weighted by atomic mass is 9.84. The smallest absolute Gasteiger partial charge is 0.158 e. The molecule has 1 aromatic heterocycles. The fourth-order valence-corrected chi connectivity index (χ4v) is 3.73. The molecule has 0 aromatic carbocycles. The maximum absolute atomic E-state index is 12.1. The Morgan fingerprint density at radius 2 is 2.32 bits per heavy atom. The monoisotopic (exact) mass is 316 g/mol. The fourth-order valence-electron chi connectivity index (χ4n) is 2.55. The molecular formula is C17H20N2O2S. The van der Waals surface area contributed by atoms with Gasteiger partial charge in [-0.05, 0) is 38.2 Å². The molecule has 0 unspecified atom stereocenters. The third kappa shape index (κ3) is 3.28. The van der Waals surface area contributed by atoms with Gasteiger partial charge in [0.15, 0.2) is 5.78 Å². The summed E-state index contributed by atoms with van der Waals surface area (Å²) in [6.45, 7) is 5.54. The Morgan fingerprint density at radius 1 is 1.55 bits per heavy atom. The maximum Gasteiger partial charge on any atom is 0.158 e. The van der Waals surface area contributed by atoms with E-state index in [0.29, 0.717) is 16.9 Å².